The van der Waals surface area contributed by atoms with Gasteiger partial charge in [-0.15, -0.1) is 0 Å². The topological polar surface area (TPSA) is 38.7 Å². The molecule has 0 fully saturated rings. The Balaban J connectivity index is 0.000000118. The highest BCUT2D eigenvalue weighted by molar-refractivity contribution is 5.94. The van der Waals surface area contributed by atoms with Crippen molar-refractivity contribution >= 4 is 43.1 Å². The van der Waals surface area contributed by atoms with Gasteiger partial charge in [-0.05, 0) is 244 Å². The van der Waals surface area contributed by atoms with Crippen LogP contribution >= 0.6 is 0 Å². The van der Waals surface area contributed by atoms with Gasteiger partial charge in [0.1, 0.15) is 0 Å². The lowest BCUT2D eigenvalue weighted by molar-refractivity contribution is 1.32. The van der Waals surface area contributed by atoms with E-state index in [0.717, 1.165) is 89.8 Å². The molecule has 24 rings (SSSR count). The van der Waals surface area contributed by atoms with Crippen molar-refractivity contribution in [1.29, 1.82) is 0 Å². The zero-order valence-electron chi connectivity index (χ0n) is 74.9. The highest BCUT2D eigenvalue weighted by Gasteiger charge is 2.18. The van der Waals surface area contributed by atoms with E-state index >= 15 is 0 Å². The van der Waals surface area contributed by atoms with Crippen molar-refractivity contribution < 1.29 is 0 Å². The Bertz CT molecular complexity index is 7750. The van der Waals surface area contributed by atoms with E-state index in [4.69, 9.17) is 15.0 Å². The lowest BCUT2D eigenvalue weighted by Gasteiger charge is -2.12. The summed E-state index contributed by atoms with van der Waals surface area (Å²) in [6.45, 7) is 0. The second-order valence-electron chi connectivity index (χ2n) is 34.6. The molecule has 0 unspecified atom stereocenters. The van der Waals surface area contributed by atoms with Gasteiger partial charge in [0, 0.05) is 33.4 Å². The summed E-state index contributed by atoms with van der Waals surface area (Å²) < 4.78 is 0. The molecule has 0 amide bonds. The third-order valence-electron chi connectivity index (χ3n) is 25.8. The first-order valence-electron chi connectivity index (χ1n) is 46.4. The summed E-state index contributed by atoms with van der Waals surface area (Å²) in [7, 11) is 0. The molecule has 0 bridgehead atoms. The molecule has 24 aromatic rings. The van der Waals surface area contributed by atoms with E-state index in [9.17, 15) is 0 Å². The highest BCUT2D eigenvalue weighted by Crippen LogP contribution is 2.41. The summed E-state index contributed by atoms with van der Waals surface area (Å²) in [4.78, 5) is 15.6. The molecule has 0 spiro atoms. The summed E-state index contributed by atoms with van der Waals surface area (Å²) >= 11 is 0. The minimum atomic E-state index is 0.953. The maximum Gasteiger partial charge on any atom is 0.0715 e. The fraction of sp³-hybridized carbons (Fsp3) is 0. The molecular formula is C133H91N3. The normalized spacial score (nSPS) is 11.1. The van der Waals surface area contributed by atoms with Gasteiger partial charge in [0.25, 0.3) is 0 Å². The molecule has 0 atom stereocenters. The summed E-state index contributed by atoms with van der Waals surface area (Å²) in [6, 6.07) is 197. The second kappa shape index (κ2) is 38.7. The average Bonchev–Trinajstić information content (AvgIpc) is 0.784. The maximum absolute atomic E-state index is 5.22. The van der Waals surface area contributed by atoms with Crippen molar-refractivity contribution in [2.24, 2.45) is 0 Å². The van der Waals surface area contributed by atoms with E-state index in [2.05, 4.69) is 552 Å². The molecule has 0 saturated carbocycles. The van der Waals surface area contributed by atoms with E-state index in [1.54, 1.807) is 0 Å². The van der Waals surface area contributed by atoms with Crippen LogP contribution in [-0.4, -0.2) is 15.0 Å². The minimum absolute atomic E-state index is 0.953. The predicted molar refractivity (Wildman–Crippen MR) is 575 cm³/mol. The molecule has 0 N–H and O–H groups in total. The number of benzene rings is 21. The smallest absolute Gasteiger partial charge is 0.0715 e. The van der Waals surface area contributed by atoms with Crippen molar-refractivity contribution in [1.82, 2.24) is 15.0 Å². The van der Waals surface area contributed by atoms with Crippen molar-refractivity contribution in [3.63, 3.8) is 0 Å². The molecule has 0 radical (unpaired) electrons. The molecule has 136 heavy (non-hydrogen) atoms. The van der Waals surface area contributed by atoms with Gasteiger partial charge in [-0.2, -0.15) is 0 Å². The number of pyridine rings is 3. The Morgan fingerprint density at radius 1 is 0.0735 bits per heavy atom. The Morgan fingerprint density at radius 3 is 0.456 bits per heavy atom. The maximum atomic E-state index is 5.22. The van der Waals surface area contributed by atoms with Crippen LogP contribution in [0.4, 0.5) is 0 Å². The summed E-state index contributed by atoms with van der Waals surface area (Å²) in [5.41, 5.74) is 38.7. The number of hydrogen-bond donors (Lipinski definition) is 0. The number of aromatic nitrogens is 3. The molecule has 3 heterocycles. The third-order valence-corrected chi connectivity index (χ3v) is 25.8. The van der Waals surface area contributed by atoms with Gasteiger partial charge in [0.2, 0.25) is 0 Å². The molecular weight excluding hydrogens is 1640 g/mol. The molecule has 0 aliphatic heterocycles. The second-order valence-corrected chi connectivity index (χ2v) is 34.6. The number of nitrogens with zero attached hydrogens (tertiary/aromatic N) is 3. The van der Waals surface area contributed by atoms with Gasteiger partial charge in [0.15, 0.2) is 0 Å². The van der Waals surface area contributed by atoms with Crippen LogP contribution < -0.4 is 0 Å². The largest absolute Gasteiger partial charge is 0.248 e. The van der Waals surface area contributed by atoms with Crippen LogP contribution in [0, 0.1) is 0 Å². The Labute approximate surface area is 794 Å². The summed E-state index contributed by atoms with van der Waals surface area (Å²) in [6.07, 6.45) is 0. The molecule has 0 aliphatic carbocycles. The standard InChI is InChI=1S/C47H33N.2C43H29N/c1-4-11-34(12-5-1)37-23-27-41(28-24-37)46-32-45(33-47(48-46)42-29-25-38(26-30-42)35-13-6-2-7-14-35)40-21-19-39(20-22-40)44-18-10-17-43(31-44)36-15-8-3-9-16-36;1-2-9-30(10-3-1)37-15-8-16-38(25-37)33-17-21-34(22-18-33)42-28-41(39-23-19-31-11-4-6-13-35(31)26-39)29-43(44-42)40-24-20-32-12-5-7-14-36(32)27-40;1-2-9-30(10-3-1)37-15-8-16-38(25-37)33-17-19-34(20-18-33)41-28-42(39-23-21-31-11-4-6-13-35(31)26-39)44-43(29-41)40-24-22-32-12-5-7-14-36(32)27-40/h1-33H;2*1-29H. The molecule has 3 aromatic heterocycles. The highest BCUT2D eigenvalue weighted by atomic mass is 14.7. The molecule has 0 aliphatic rings. The van der Waals surface area contributed by atoms with Gasteiger partial charge in [0.05, 0.1) is 34.2 Å². The lowest BCUT2D eigenvalue weighted by Crippen LogP contribution is -1.92. The average molecular weight is 1730 g/mol. The monoisotopic (exact) mass is 1730 g/mol. The third kappa shape index (κ3) is 18.8. The summed E-state index contributed by atoms with van der Waals surface area (Å²) in [5.74, 6) is 0. The Hall–Kier alpha value is -17.9. The molecule has 0 saturated heterocycles. The van der Waals surface area contributed by atoms with Crippen LogP contribution in [0.15, 0.2) is 552 Å². The van der Waals surface area contributed by atoms with Crippen LogP contribution in [0.3, 0.4) is 0 Å². The molecule has 3 heteroatoms. The first kappa shape index (κ1) is 83.7. The fourth-order valence-electron chi connectivity index (χ4n) is 18.4. The van der Waals surface area contributed by atoms with E-state index in [1.165, 1.54) is 143 Å². The Morgan fingerprint density at radius 2 is 0.213 bits per heavy atom. The Kier molecular flexibility index (Phi) is 23.8. The molecule has 638 valence electrons. The summed E-state index contributed by atoms with van der Waals surface area (Å²) in [5, 5.41) is 9.81. The minimum Gasteiger partial charge on any atom is -0.248 e. The number of fused-ring (bicyclic) bond motifs is 4. The SMILES string of the molecule is c1ccc(-c2ccc(-c3cc(-c4ccc(-c5cccc(-c6ccccc6)c5)cc4)cc(-c4ccc(-c5ccccc5)cc4)n3)cc2)cc1.c1ccc(-c2cccc(-c3ccc(-c4cc(-c5ccc6ccccc6c5)cc(-c5ccc6ccccc6c5)n4)cc3)c2)cc1.c1ccc(-c2cccc(-c3ccc(-c4cc(-c5ccc6ccccc6c5)nc(-c5ccc6ccccc6c5)c4)cc3)c2)cc1. The van der Waals surface area contributed by atoms with Crippen molar-refractivity contribution in [2.45, 2.75) is 0 Å². The molecule has 3 nitrogen and oxygen atoms in total. The van der Waals surface area contributed by atoms with E-state index in [-0.39, 0.29) is 0 Å². The quantitative estimate of drug-likeness (QED) is 0.0912. The van der Waals surface area contributed by atoms with Gasteiger partial charge < -0.3 is 0 Å². The van der Waals surface area contributed by atoms with E-state index in [1.807, 2.05) is 0 Å². The number of hydrogen-bond acceptors (Lipinski definition) is 3. The predicted octanol–water partition coefficient (Wildman–Crippen LogP) is 36.2. The van der Waals surface area contributed by atoms with Crippen LogP contribution in [0.2, 0.25) is 0 Å². The van der Waals surface area contributed by atoms with Crippen molar-refractivity contribution in [2.75, 3.05) is 0 Å². The zero-order chi connectivity index (χ0) is 90.7. The lowest BCUT2D eigenvalue weighted by atomic mass is 9.95. The van der Waals surface area contributed by atoms with Crippen molar-refractivity contribution in [3.05, 3.63) is 552 Å². The fourth-order valence-corrected chi connectivity index (χ4v) is 18.4. The van der Waals surface area contributed by atoms with Gasteiger partial charge in [-0.25, -0.2) is 15.0 Å². The van der Waals surface area contributed by atoms with Crippen LogP contribution in [0.5, 0.6) is 0 Å². The van der Waals surface area contributed by atoms with Crippen LogP contribution in [0.1, 0.15) is 0 Å². The van der Waals surface area contributed by atoms with Crippen LogP contribution in [-0.2, 0) is 0 Å². The first-order valence-corrected chi connectivity index (χ1v) is 46.4. The van der Waals surface area contributed by atoms with E-state index < -0.39 is 0 Å². The van der Waals surface area contributed by atoms with Gasteiger partial charge >= 0.3 is 0 Å². The van der Waals surface area contributed by atoms with Crippen molar-refractivity contribution in [3.8, 4) is 190 Å². The zero-order valence-corrected chi connectivity index (χ0v) is 74.9. The first-order chi connectivity index (χ1) is 67.3. The van der Waals surface area contributed by atoms with Gasteiger partial charge in [-0.3, -0.25) is 0 Å². The van der Waals surface area contributed by atoms with Gasteiger partial charge in [-0.1, -0.05) is 473 Å². The molecule has 21 aromatic carbocycles. The van der Waals surface area contributed by atoms with E-state index in [0.29, 0.717) is 0 Å². The van der Waals surface area contributed by atoms with Crippen LogP contribution in [0.25, 0.3) is 233 Å². The number of rotatable bonds is 17.